The Hall–Kier alpha value is -0.650. The van der Waals surface area contributed by atoms with Gasteiger partial charge in [0, 0.05) is 25.7 Å². The molecular formula is C10H19N3O2. The first-order valence-electron chi connectivity index (χ1n) is 5.62. The second-order valence-corrected chi connectivity index (χ2v) is 4.31. The Morgan fingerprint density at radius 2 is 2.47 bits per heavy atom. The molecule has 2 aliphatic heterocycles. The summed E-state index contributed by atoms with van der Waals surface area (Å²) in [6.07, 6.45) is 2.08. The van der Waals surface area contributed by atoms with Crippen molar-refractivity contribution in [2.75, 3.05) is 32.8 Å². The molecule has 2 heterocycles. The third-order valence-electron chi connectivity index (χ3n) is 3.11. The first-order chi connectivity index (χ1) is 7.25. The first kappa shape index (κ1) is 10.9. The molecule has 0 aromatic carbocycles. The van der Waals surface area contributed by atoms with Gasteiger partial charge in [-0.05, 0) is 19.4 Å². The van der Waals surface area contributed by atoms with Crippen molar-refractivity contribution in [2.45, 2.75) is 25.0 Å². The van der Waals surface area contributed by atoms with Gasteiger partial charge in [0.05, 0.1) is 6.61 Å². The minimum absolute atomic E-state index is 0.348. The quantitative estimate of drug-likeness (QED) is 0.626. The highest BCUT2D eigenvalue weighted by molar-refractivity contribution is 5.79. The van der Waals surface area contributed by atoms with E-state index in [9.17, 15) is 4.79 Å². The van der Waals surface area contributed by atoms with Crippen LogP contribution in [-0.4, -0.2) is 55.7 Å². The Labute approximate surface area is 89.9 Å². The van der Waals surface area contributed by atoms with Crippen molar-refractivity contribution in [3.05, 3.63) is 0 Å². The van der Waals surface area contributed by atoms with Crippen LogP contribution in [0.4, 0.5) is 0 Å². The first-order valence-corrected chi connectivity index (χ1v) is 5.62. The Kier molecular flexibility index (Phi) is 3.56. The van der Waals surface area contributed by atoms with E-state index >= 15 is 0 Å². The number of primary amides is 1. The zero-order valence-electron chi connectivity index (χ0n) is 8.95. The van der Waals surface area contributed by atoms with Gasteiger partial charge in [0.25, 0.3) is 0 Å². The second kappa shape index (κ2) is 4.92. The Balaban J connectivity index is 1.79. The number of carbonyl (C=O) groups excluding carboxylic acids is 1. The van der Waals surface area contributed by atoms with E-state index in [1.165, 1.54) is 12.8 Å². The van der Waals surface area contributed by atoms with E-state index in [0.717, 1.165) is 19.6 Å². The molecule has 1 unspecified atom stereocenters. The Morgan fingerprint density at radius 1 is 1.60 bits per heavy atom. The SMILES string of the molecule is NC(=O)C1CN(C[C@@H]2CCCN2)CCO1. The number of carbonyl (C=O) groups is 1. The van der Waals surface area contributed by atoms with Crippen molar-refractivity contribution in [1.82, 2.24) is 10.2 Å². The molecule has 0 bridgehead atoms. The van der Waals surface area contributed by atoms with Crippen molar-refractivity contribution < 1.29 is 9.53 Å². The summed E-state index contributed by atoms with van der Waals surface area (Å²) in [5.41, 5.74) is 5.23. The predicted molar refractivity (Wildman–Crippen MR) is 56.4 cm³/mol. The summed E-state index contributed by atoms with van der Waals surface area (Å²) < 4.78 is 5.30. The molecule has 5 heteroatoms. The molecule has 3 N–H and O–H groups in total. The van der Waals surface area contributed by atoms with E-state index in [0.29, 0.717) is 19.2 Å². The van der Waals surface area contributed by atoms with Gasteiger partial charge in [-0.3, -0.25) is 9.69 Å². The van der Waals surface area contributed by atoms with Gasteiger partial charge in [-0.15, -0.1) is 0 Å². The zero-order valence-corrected chi connectivity index (χ0v) is 8.95. The van der Waals surface area contributed by atoms with Crippen LogP contribution in [0.2, 0.25) is 0 Å². The fourth-order valence-electron chi connectivity index (χ4n) is 2.26. The summed E-state index contributed by atoms with van der Waals surface area (Å²) in [5, 5.41) is 3.45. The van der Waals surface area contributed by atoms with Crippen LogP contribution in [0.3, 0.4) is 0 Å². The number of hydrogen-bond acceptors (Lipinski definition) is 4. The molecule has 5 nitrogen and oxygen atoms in total. The molecule has 1 amide bonds. The number of amides is 1. The predicted octanol–water partition coefficient (Wildman–Crippen LogP) is -1.08. The maximum absolute atomic E-state index is 11.0. The summed E-state index contributed by atoms with van der Waals surface area (Å²) in [5.74, 6) is -0.348. The van der Waals surface area contributed by atoms with Crippen molar-refractivity contribution >= 4 is 5.91 Å². The largest absolute Gasteiger partial charge is 0.367 e. The fourth-order valence-corrected chi connectivity index (χ4v) is 2.26. The molecule has 0 spiro atoms. The molecule has 2 atom stereocenters. The topological polar surface area (TPSA) is 67.6 Å². The lowest BCUT2D eigenvalue weighted by atomic mass is 10.2. The lowest BCUT2D eigenvalue weighted by Gasteiger charge is -2.32. The van der Waals surface area contributed by atoms with Gasteiger partial charge < -0.3 is 15.8 Å². The third-order valence-corrected chi connectivity index (χ3v) is 3.11. The normalized spacial score (nSPS) is 33.1. The van der Waals surface area contributed by atoms with Crippen LogP contribution in [0, 0.1) is 0 Å². The summed E-state index contributed by atoms with van der Waals surface area (Å²) in [7, 11) is 0. The highest BCUT2D eigenvalue weighted by atomic mass is 16.5. The van der Waals surface area contributed by atoms with Crippen molar-refractivity contribution in [3.63, 3.8) is 0 Å². The van der Waals surface area contributed by atoms with Crippen molar-refractivity contribution in [1.29, 1.82) is 0 Å². The zero-order chi connectivity index (χ0) is 10.7. The minimum Gasteiger partial charge on any atom is -0.367 e. The molecule has 0 aliphatic carbocycles. The Morgan fingerprint density at radius 3 is 3.13 bits per heavy atom. The molecule has 0 radical (unpaired) electrons. The monoisotopic (exact) mass is 213 g/mol. The standard InChI is InChI=1S/C10H19N3O2/c11-10(14)9-7-13(4-5-15-9)6-8-2-1-3-12-8/h8-9,12H,1-7H2,(H2,11,14)/t8-,9?/m0/s1. The molecule has 15 heavy (non-hydrogen) atoms. The van der Waals surface area contributed by atoms with E-state index in [1.807, 2.05) is 0 Å². The highest BCUT2D eigenvalue weighted by Crippen LogP contribution is 2.10. The number of ether oxygens (including phenoxy) is 1. The van der Waals surface area contributed by atoms with Gasteiger partial charge in [0.2, 0.25) is 5.91 Å². The molecule has 2 fully saturated rings. The smallest absolute Gasteiger partial charge is 0.247 e. The van der Waals surface area contributed by atoms with Gasteiger partial charge in [0.1, 0.15) is 6.10 Å². The van der Waals surface area contributed by atoms with E-state index in [4.69, 9.17) is 10.5 Å². The van der Waals surface area contributed by atoms with Crippen LogP contribution in [0.1, 0.15) is 12.8 Å². The van der Waals surface area contributed by atoms with Gasteiger partial charge in [-0.25, -0.2) is 0 Å². The van der Waals surface area contributed by atoms with E-state index < -0.39 is 6.10 Å². The summed E-state index contributed by atoms with van der Waals surface area (Å²) >= 11 is 0. The van der Waals surface area contributed by atoms with Gasteiger partial charge in [-0.2, -0.15) is 0 Å². The van der Waals surface area contributed by atoms with Crippen LogP contribution in [-0.2, 0) is 9.53 Å². The molecule has 86 valence electrons. The van der Waals surface area contributed by atoms with E-state index in [-0.39, 0.29) is 5.91 Å². The van der Waals surface area contributed by atoms with E-state index in [1.54, 1.807) is 0 Å². The van der Waals surface area contributed by atoms with Crippen LogP contribution in [0.15, 0.2) is 0 Å². The molecule has 0 aromatic heterocycles. The van der Waals surface area contributed by atoms with Crippen LogP contribution in [0.25, 0.3) is 0 Å². The number of nitrogens with zero attached hydrogens (tertiary/aromatic N) is 1. The summed E-state index contributed by atoms with van der Waals surface area (Å²) in [6, 6.07) is 0.580. The van der Waals surface area contributed by atoms with Gasteiger partial charge in [-0.1, -0.05) is 0 Å². The van der Waals surface area contributed by atoms with Crippen LogP contribution in [0.5, 0.6) is 0 Å². The number of rotatable bonds is 3. The average Bonchev–Trinajstić information content (AvgIpc) is 2.71. The second-order valence-electron chi connectivity index (χ2n) is 4.31. The van der Waals surface area contributed by atoms with Crippen molar-refractivity contribution in [3.8, 4) is 0 Å². The van der Waals surface area contributed by atoms with E-state index in [2.05, 4.69) is 10.2 Å². The average molecular weight is 213 g/mol. The van der Waals surface area contributed by atoms with Gasteiger partial charge >= 0.3 is 0 Å². The Bertz CT molecular complexity index is 229. The number of hydrogen-bond donors (Lipinski definition) is 2. The molecular weight excluding hydrogens is 194 g/mol. The van der Waals surface area contributed by atoms with Crippen LogP contribution >= 0.6 is 0 Å². The highest BCUT2D eigenvalue weighted by Gasteiger charge is 2.26. The summed E-state index contributed by atoms with van der Waals surface area (Å²) in [6.45, 7) is 4.29. The molecule has 0 saturated carbocycles. The maximum Gasteiger partial charge on any atom is 0.247 e. The van der Waals surface area contributed by atoms with Gasteiger partial charge in [0.15, 0.2) is 0 Å². The number of morpholine rings is 1. The molecule has 2 aliphatic rings. The summed E-state index contributed by atoms with van der Waals surface area (Å²) in [4.78, 5) is 13.3. The third kappa shape index (κ3) is 2.90. The van der Waals surface area contributed by atoms with Crippen molar-refractivity contribution in [2.24, 2.45) is 5.73 Å². The number of nitrogens with two attached hydrogens (primary N) is 1. The molecule has 2 rings (SSSR count). The number of nitrogens with one attached hydrogen (secondary N) is 1. The molecule has 0 aromatic rings. The lowest BCUT2D eigenvalue weighted by Crippen LogP contribution is -2.51. The fraction of sp³-hybridized carbons (Fsp3) is 0.900. The van der Waals surface area contributed by atoms with Crippen LogP contribution < -0.4 is 11.1 Å². The maximum atomic E-state index is 11.0. The molecule has 2 saturated heterocycles. The minimum atomic E-state index is -0.417. The lowest BCUT2D eigenvalue weighted by molar-refractivity contribution is -0.135.